The average molecular weight is 374 g/mol. The summed E-state index contributed by atoms with van der Waals surface area (Å²) >= 11 is 2.97. The number of nitrogens with zero attached hydrogens (tertiary/aromatic N) is 4. The van der Waals surface area contributed by atoms with E-state index in [9.17, 15) is 4.79 Å². The molecule has 1 amide bonds. The fraction of sp³-hybridized carbons (Fsp3) is 0.294. The van der Waals surface area contributed by atoms with Crippen LogP contribution in [0.3, 0.4) is 0 Å². The van der Waals surface area contributed by atoms with Crippen LogP contribution in [0.5, 0.6) is 0 Å². The molecule has 0 bridgehead atoms. The standard InChI is InChI=1S/C17H19N5OS2/c1-17(2,3)14-20-21-15(25-14)19-13(23)11-5-7-12(8-6-11)22-10-9-18-16(22)24-4/h5-10H,1-4H3,(H,19,21,23). The van der Waals surface area contributed by atoms with Gasteiger partial charge < -0.3 is 0 Å². The van der Waals surface area contributed by atoms with Gasteiger partial charge in [-0.15, -0.1) is 10.2 Å². The highest BCUT2D eigenvalue weighted by Crippen LogP contribution is 2.28. The summed E-state index contributed by atoms with van der Waals surface area (Å²) < 4.78 is 1.98. The Morgan fingerprint density at radius 3 is 2.52 bits per heavy atom. The maximum Gasteiger partial charge on any atom is 0.257 e. The smallest absolute Gasteiger partial charge is 0.257 e. The van der Waals surface area contributed by atoms with Crippen LogP contribution in [0.25, 0.3) is 5.69 Å². The molecule has 0 aliphatic carbocycles. The zero-order chi connectivity index (χ0) is 18.0. The molecule has 0 unspecified atom stereocenters. The van der Waals surface area contributed by atoms with Gasteiger partial charge in [0.1, 0.15) is 5.01 Å². The molecule has 2 heterocycles. The highest BCUT2D eigenvalue weighted by atomic mass is 32.2. The number of nitrogens with one attached hydrogen (secondary N) is 1. The van der Waals surface area contributed by atoms with E-state index in [1.807, 2.05) is 29.2 Å². The van der Waals surface area contributed by atoms with E-state index < -0.39 is 0 Å². The lowest BCUT2D eigenvalue weighted by molar-refractivity contribution is 0.102. The fourth-order valence-electron chi connectivity index (χ4n) is 2.16. The van der Waals surface area contributed by atoms with Gasteiger partial charge in [-0.3, -0.25) is 14.7 Å². The third-order valence-corrected chi connectivity index (χ3v) is 5.42. The first-order chi connectivity index (χ1) is 11.9. The number of imidazole rings is 1. The highest BCUT2D eigenvalue weighted by Gasteiger charge is 2.20. The van der Waals surface area contributed by atoms with E-state index in [2.05, 4.69) is 41.3 Å². The second-order valence-electron chi connectivity index (χ2n) is 6.45. The average Bonchev–Trinajstić information content (AvgIpc) is 3.23. The van der Waals surface area contributed by atoms with Gasteiger partial charge in [-0.1, -0.05) is 43.9 Å². The maximum absolute atomic E-state index is 12.4. The van der Waals surface area contributed by atoms with Crippen molar-refractivity contribution < 1.29 is 4.79 Å². The quantitative estimate of drug-likeness (QED) is 0.700. The summed E-state index contributed by atoms with van der Waals surface area (Å²) in [6.07, 6.45) is 5.64. The molecular weight excluding hydrogens is 354 g/mol. The summed E-state index contributed by atoms with van der Waals surface area (Å²) in [4.78, 5) is 16.7. The van der Waals surface area contributed by atoms with E-state index in [4.69, 9.17) is 0 Å². The summed E-state index contributed by atoms with van der Waals surface area (Å²) in [5.41, 5.74) is 1.45. The monoisotopic (exact) mass is 373 g/mol. The van der Waals surface area contributed by atoms with Gasteiger partial charge in [-0.05, 0) is 30.5 Å². The lowest BCUT2D eigenvalue weighted by Gasteiger charge is -2.12. The number of carbonyl (C=O) groups excluding carboxylic acids is 1. The molecule has 1 N–H and O–H groups in total. The van der Waals surface area contributed by atoms with Crippen molar-refractivity contribution in [2.75, 3.05) is 11.6 Å². The Hall–Kier alpha value is -2.19. The first-order valence-electron chi connectivity index (χ1n) is 7.71. The van der Waals surface area contributed by atoms with E-state index in [0.29, 0.717) is 10.7 Å². The Balaban J connectivity index is 1.74. The Labute approximate surface area is 154 Å². The number of rotatable bonds is 4. The second-order valence-corrected chi connectivity index (χ2v) is 8.20. The van der Waals surface area contributed by atoms with Crippen LogP contribution in [0, 0.1) is 0 Å². The molecule has 3 rings (SSSR count). The van der Waals surface area contributed by atoms with Crippen molar-refractivity contribution in [2.24, 2.45) is 0 Å². The van der Waals surface area contributed by atoms with Gasteiger partial charge >= 0.3 is 0 Å². The second kappa shape index (κ2) is 6.97. The third-order valence-electron chi connectivity index (χ3n) is 3.48. The van der Waals surface area contributed by atoms with Crippen LogP contribution < -0.4 is 5.32 Å². The molecule has 0 aliphatic heterocycles. The van der Waals surface area contributed by atoms with Crippen LogP contribution in [0.15, 0.2) is 41.8 Å². The van der Waals surface area contributed by atoms with Gasteiger partial charge in [0, 0.05) is 29.1 Å². The zero-order valence-electron chi connectivity index (χ0n) is 14.5. The normalized spacial score (nSPS) is 11.5. The van der Waals surface area contributed by atoms with E-state index in [1.165, 1.54) is 11.3 Å². The number of anilines is 1. The molecule has 0 saturated heterocycles. The Bertz CT molecular complexity index is 877. The van der Waals surface area contributed by atoms with Gasteiger partial charge in [0.2, 0.25) is 5.13 Å². The van der Waals surface area contributed by atoms with Crippen LogP contribution in [0.2, 0.25) is 0 Å². The summed E-state index contributed by atoms with van der Waals surface area (Å²) in [6.45, 7) is 6.20. The molecule has 0 radical (unpaired) electrons. The van der Waals surface area contributed by atoms with Crippen molar-refractivity contribution in [3.8, 4) is 5.69 Å². The van der Waals surface area contributed by atoms with Gasteiger partial charge in [-0.25, -0.2) is 4.98 Å². The number of benzene rings is 1. The van der Waals surface area contributed by atoms with Gasteiger partial charge in [-0.2, -0.15) is 0 Å². The SMILES string of the molecule is CSc1nccn1-c1ccc(C(=O)Nc2nnc(C(C)(C)C)s2)cc1. The Kier molecular flexibility index (Phi) is 4.91. The predicted molar refractivity (Wildman–Crippen MR) is 102 cm³/mol. The molecule has 0 spiro atoms. The van der Waals surface area contributed by atoms with Crippen LogP contribution in [0.1, 0.15) is 36.1 Å². The van der Waals surface area contributed by atoms with Crippen molar-refractivity contribution >= 4 is 34.1 Å². The first kappa shape index (κ1) is 17.6. The van der Waals surface area contributed by atoms with Crippen molar-refractivity contribution in [1.82, 2.24) is 19.7 Å². The molecular formula is C17H19N5OS2. The fourth-order valence-corrected chi connectivity index (χ4v) is 3.48. The number of hydrogen-bond acceptors (Lipinski definition) is 6. The molecule has 2 aromatic heterocycles. The van der Waals surface area contributed by atoms with Gasteiger partial charge in [0.25, 0.3) is 5.91 Å². The largest absolute Gasteiger partial charge is 0.296 e. The number of thioether (sulfide) groups is 1. The van der Waals surface area contributed by atoms with E-state index in [1.54, 1.807) is 30.1 Å². The summed E-state index contributed by atoms with van der Waals surface area (Å²) in [5.74, 6) is -0.195. The zero-order valence-corrected chi connectivity index (χ0v) is 16.1. The molecule has 3 aromatic rings. The Morgan fingerprint density at radius 2 is 1.92 bits per heavy atom. The van der Waals surface area contributed by atoms with Crippen molar-refractivity contribution in [1.29, 1.82) is 0 Å². The minimum absolute atomic E-state index is 0.0813. The van der Waals surface area contributed by atoms with Crippen LogP contribution >= 0.6 is 23.1 Å². The van der Waals surface area contributed by atoms with Crippen molar-refractivity contribution in [3.05, 3.63) is 47.2 Å². The topological polar surface area (TPSA) is 72.7 Å². The molecule has 8 heteroatoms. The third kappa shape index (κ3) is 3.91. The molecule has 0 atom stereocenters. The maximum atomic E-state index is 12.4. The van der Waals surface area contributed by atoms with Gasteiger partial charge in [0.15, 0.2) is 5.16 Å². The minimum Gasteiger partial charge on any atom is -0.296 e. The number of hydrogen-bond donors (Lipinski definition) is 1. The van der Waals surface area contributed by atoms with E-state index in [-0.39, 0.29) is 11.3 Å². The molecule has 1 aromatic carbocycles. The van der Waals surface area contributed by atoms with Crippen LogP contribution in [-0.2, 0) is 5.41 Å². The van der Waals surface area contributed by atoms with E-state index >= 15 is 0 Å². The number of carbonyl (C=O) groups is 1. The molecule has 6 nitrogen and oxygen atoms in total. The van der Waals surface area contributed by atoms with Crippen molar-refractivity contribution in [3.63, 3.8) is 0 Å². The number of amides is 1. The lowest BCUT2D eigenvalue weighted by atomic mass is 9.98. The first-order valence-corrected chi connectivity index (χ1v) is 9.76. The van der Waals surface area contributed by atoms with Crippen molar-refractivity contribution in [2.45, 2.75) is 31.3 Å². The summed E-state index contributed by atoms with van der Waals surface area (Å²) in [6, 6.07) is 7.38. The molecule has 0 aliphatic rings. The highest BCUT2D eigenvalue weighted by molar-refractivity contribution is 7.98. The molecule has 0 fully saturated rings. The van der Waals surface area contributed by atoms with Crippen LogP contribution in [-0.4, -0.2) is 31.9 Å². The molecule has 0 saturated carbocycles. The predicted octanol–water partition coefficient (Wildman–Crippen LogP) is 4.00. The molecule has 130 valence electrons. The van der Waals surface area contributed by atoms with Crippen LogP contribution in [0.4, 0.5) is 5.13 Å². The number of aromatic nitrogens is 4. The van der Waals surface area contributed by atoms with Gasteiger partial charge in [0.05, 0.1) is 0 Å². The molecule has 25 heavy (non-hydrogen) atoms. The summed E-state index contributed by atoms with van der Waals surface area (Å²) in [7, 11) is 0. The Morgan fingerprint density at radius 1 is 1.20 bits per heavy atom. The van der Waals surface area contributed by atoms with E-state index in [0.717, 1.165) is 15.9 Å². The lowest BCUT2D eigenvalue weighted by Crippen LogP contribution is -2.11. The summed E-state index contributed by atoms with van der Waals surface area (Å²) in [5, 5.41) is 13.3. The minimum atomic E-state index is -0.195.